The van der Waals surface area contributed by atoms with Crippen molar-refractivity contribution in [1.82, 2.24) is 19.9 Å². The van der Waals surface area contributed by atoms with Crippen molar-refractivity contribution in [2.45, 2.75) is 63.2 Å². The second-order valence-electron chi connectivity index (χ2n) is 13.7. The molecule has 2 aromatic heterocycles. The van der Waals surface area contributed by atoms with Gasteiger partial charge >= 0.3 is 6.01 Å². The molecule has 5 fully saturated rings. The molecule has 0 radical (unpaired) electrons. The average molecular weight is 610 g/mol. The van der Waals surface area contributed by atoms with Crippen molar-refractivity contribution in [3.8, 4) is 29.6 Å². The molecule has 5 heterocycles. The first-order valence-corrected chi connectivity index (χ1v) is 16.3. The molecule has 3 aliphatic heterocycles. The molecule has 2 aliphatic carbocycles. The quantitative estimate of drug-likeness (QED) is 0.235. The van der Waals surface area contributed by atoms with Crippen LogP contribution < -0.4 is 9.64 Å². The van der Waals surface area contributed by atoms with Gasteiger partial charge in [-0.05, 0) is 61.9 Å². The Kier molecular flexibility index (Phi) is 6.12. The van der Waals surface area contributed by atoms with E-state index in [-0.39, 0.29) is 34.7 Å². The third-order valence-electron chi connectivity index (χ3n) is 11.4. The topological polar surface area (TPSA) is 54.4 Å². The highest BCUT2D eigenvalue weighted by atomic mass is 19.1. The number of alkyl halides is 1. The number of nitrogens with zero attached hydrogens (tertiary/aromatic N) is 5. The summed E-state index contributed by atoms with van der Waals surface area (Å²) in [6, 6.07) is 8.65. The van der Waals surface area contributed by atoms with Gasteiger partial charge in [-0.15, -0.1) is 6.42 Å². The Morgan fingerprint density at radius 3 is 2.78 bits per heavy atom. The molecule has 0 amide bonds. The normalized spacial score (nSPS) is 28.2. The number of hydrogen-bond acceptors (Lipinski definition) is 6. The van der Waals surface area contributed by atoms with Crippen LogP contribution in [0.3, 0.4) is 0 Å². The van der Waals surface area contributed by atoms with E-state index in [1.807, 2.05) is 11.0 Å². The highest BCUT2D eigenvalue weighted by Crippen LogP contribution is 2.62. The lowest BCUT2D eigenvalue weighted by Gasteiger charge is -2.25. The molecule has 5 atom stereocenters. The summed E-state index contributed by atoms with van der Waals surface area (Å²) in [5.41, 5.74) is 0.819. The van der Waals surface area contributed by atoms with Crippen LogP contribution in [0.2, 0.25) is 0 Å². The molecular weight excluding hydrogens is 575 g/mol. The molecule has 9 heteroatoms. The van der Waals surface area contributed by atoms with Crippen molar-refractivity contribution < 1.29 is 17.9 Å². The first-order valence-electron chi connectivity index (χ1n) is 16.3. The minimum absolute atomic E-state index is 0.0164. The maximum absolute atomic E-state index is 16.8. The molecule has 2 saturated carbocycles. The van der Waals surface area contributed by atoms with Gasteiger partial charge in [0.1, 0.15) is 29.0 Å². The third kappa shape index (κ3) is 4.10. The van der Waals surface area contributed by atoms with Crippen LogP contribution >= 0.6 is 0 Å². The van der Waals surface area contributed by atoms with Crippen molar-refractivity contribution in [2.75, 3.05) is 31.1 Å². The molecule has 2 aromatic carbocycles. The minimum atomic E-state index is -0.939. The summed E-state index contributed by atoms with van der Waals surface area (Å²) in [5, 5.41) is 1.51. The number of ether oxygens (including phenoxy) is 1. The SMILES string of the molecule is C#Cc1c(F)ccc2cccc(-c3ncc4c(N5CCCC[C@H]6[C@H](F)[C@H]65)nc(OCC5CN6CCCC6C56CC6)nc4c3F)c12. The van der Waals surface area contributed by atoms with E-state index in [9.17, 15) is 4.39 Å². The first-order chi connectivity index (χ1) is 22.0. The molecule has 230 valence electrons. The summed E-state index contributed by atoms with van der Waals surface area (Å²) in [6.45, 7) is 3.22. The van der Waals surface area contributed by atoms with Gasteiger partial charge in [0.15, 0.2) is 5.82 Å². The number of anilines is 1. The van der Waals surface area contributed by atoms with Crippen molar-refractivity contribution in [1.29, 1.82) is 0 Å². The van der Waals surface area contributed by atoms with Gasteiger partial charge in [0.25, 0.3) is 0 Å². The second-order valence-corrected chi connectivity index (χ2v) is 13.7. The fraction of sp³-hybridized carbons (Fsp3) is 0.472. The maximum Gasteiger partial charge on any atom is 0.319 e. The lowest BCUT2D eigenvalue weighted by Crippen LogP contribution is -2.30. The van der Waals surface area contributed by atoms with Crippen LogP contribution in [0.15, 0.2) is 36.5 Å². The first kappa shape index (κ1) is 27.4. The Balaban J connectivity index is 1.16. The molecule has 1 spiro atoms. The largest absolute Gasteiger partial charge is 0.463 e. The zero-order chi connectivity index (χ0) is 30.4. The highest BCUT2D eigenvalue weighted by Gasteiger charge is 2.62. The number of halogens is 3. The number of aromatic nitrogens is 3. The molecule has 6 nitrogen and oxygen atoms in total. The van der Waals surface area contributed by atoms with E-state index < -0.39 is 17.8 Å². The van der Waals surface area contributed by atoms with E-state index in [2.05, 4.69) is 20.8 Å². The summed E-state index contributed by atoms with van der Waals surface area (Å²) in [5.74, 6) is 2.01. The Morgan fingerprint density at radius 2 is 1.93 bits per heavy atom. The fourth-order valence-electron chi connectivity index (χ4n) is 9.00. The number of terminal acetylenes is 1. The number of hydrogen-bond donors (Lipinski definition) is 0. The van der Waals surface area contributed by atoms with Gasteiger partial charge in [0.05, 0.1) is 23.6 Å². The van der Waals surface area contributed by atoms with Gasteiger partial charge in [-0.1, -0.05) is 36.6 Å². The van der Waals surface area contributed by atoms with Crippen LogP contribution in [0.5, 0.6) is 6.01 Å². The molecule has 3 saturated heterocycles. The van der Waals surface area contributed by atoms with E-state index in [4.69, 9.17) is 16.1 Å². The number of rotatable bonds is 5. The molecule has 0 N–H and O–H groups in total. The lowest BCUT2D eigenvalue weighted by molar-refractivity contribution is 0.190. The summed E-state index contributed by atoms with van der Waals surface area (Å²) >= 11 is 0. The predicted octanol–water partition coefficient (Wildman–Crippen LogP) is 6.68. The Labute approximate surface area is 260 Å². The van der Waals surface area contributed by atoms with Gasteiger partial charge in [-0.3, -0.25) is 9.88 Å². The van der Waals surface area contributed by atoms with Gasteiger partial charge in [-0.25, -0.2) is 13.2 Å². The third-order valence-corrected chi connectivity index (χ3v) is 11.4. The van der Waals surface area contributed by atoms with E-state index in [1.54, 1.807) is 24.4 Å². The zero-order valence-corrected chi connectivity index (χ0v) is 25.0. The van der Waals surface area contributed by atoms with Crippen molar-refractivity contribution in [3.63, 3.8) is 0 Å². The van der Waals surface area contributed by atoms with Gasteiger partial charge in [0, 0.05) is 48.1 Å². The molecule has 9 rings (SSSR count). The summed E-state index contributed by atoms with van der Waals surface area (Å²) < 4.78 is 53.0. The predicted molar refractivity (Wildman–Crippen MR) is 167 cm³/mol. The number of fused-ring (bicyclic) bond motifs is 5. The van der Waals surface area contributed by atoms with Crippen LogP contribution in [0.25, 0.3) is 32.9 Å². The molecule has 45 heavy (non-hydrogen) atoms. The van der Waals surface area contributed by atoms with Gasteiger partial charge in [-0.2, -0.15) is 9.97 Å². The lowest BCUT2D eigenvalue weighted by atomic mass is 9.86. The second kappa shape index (κ2) is 10.1. The Morgan fingerprint density at radius 1 is 1.04 bits per heavy atom. The summed E-state index contributed by atoms with van der Waals surface area (Å²) in [6.07, 6.45) is 13.9. The average Bonchev–Trinajstić information content (AvgIpc) is 3.91. The number of benzene rings is 2. The van der Waals surface area contributed by atoms with Gasteiger partial charge < -0.3 is 9.64 Å². The monoisotopic (exact) mass is 609 g/mol. The van der Waals surface area contributed by atoms with E-state index in [0.717, 1.165) is 32.4 Å². The molecule has 2 unspecified atom stereocenters. The highest BCUT2D eigenvalue weighted by molar-refractivity contribution is 6.02. The fourth-order valence-corrected chi connectivity index (χ4v) is 9.00. The number of pyridine rings is 1. The van der Waals surface area contributed by atoms with Crippen molar-refractivity contribution in [2.24, 2.45) is 17.3 Å². The van der Waals surface area contributed by atoms with E-state index in [1.165, 1.54) is 31.7 Å². The van der Waals surface area contributed by atoms with Crippen LogP contribution in [-0.4, -0.2) is 64.3 Å². The van der Waals surface area contributed by atoms with Gasteiger partial charge in [0.2, 0.25) is 0 Å². The Hall–Kier alpha value is -3.90. The minimum Gasteiger partial charge on any atom is -0.463 e. The molecule has 5 aliphatic rings. The van der Waals surface area contributed by atoms with Crippen molar-refractivity contribution >= 4 is 27.5 Å². The zero-order valence-electron chi connectivity index (χ0n) is 25.0. The summed E-state index contributed by atoms with van der Waals surface area (Å²) in [7, 11) is 0. The van der Waals surface area contributed by atoms with Crippen LogP contribution in [0, 0.1) is 41.2 Å². The van der Waals surface area contributed by atoms with E-state index >= 15 is 8.78 Å². The smallest absolute Gasteiger partial charge is 0.319 e. The molecule has 0 bridgehead atoms. The van der Waals surface area contributed by atoms with E-state index in [0.29, 0.717) is 58.1 Å². The van der Waals surface area contributed by atoms with Crippen LogP contribution in [-0.2, 0) is 0 Å². The Bertz CT molecular complexity index is 1900. The van der Waals surface area contributed by atoms with Crippen molar-refractivity contribution in [3.05, 3.63) is 53.7 Å². The molecular formula is C36H34F3N5O. The maximum atomic E-state index is 16.8. The standard InChI is InChI=1S/C36H34F3N5O/c1-2-22-26(37)12-11-20-7-5-9-23(28(20)22)31-30(39)32-25(17-40-31)34(44-16-4-3-8-24-29(38)33(24)44)42-35(41-32)45-19-21-18-43-15-6-10-27(43)36(21)13-14-36/h1,5,7,9,11-12,17,21,24,27,29,33H,3-4,6,8,10,13-16,18-19H2/t21?,24-,27?,29-,33-/m0/s1. The van der Waals surface area contributed by atoms with Crippen LogP contribution in [0.4, 0.5) is 19.0 Å². The molecule has 4 aromatic rings. The van der Waals surface area contributed by atoms with Crippen LogP contribution in [0.1, 0.15) is 50.5 Å². The summed E-state index contributed by atoms with van der Waals surface area (Å²) in [4.78, 5) is 18.6.